The third-order valence-electron chi connectivity index (χ3n) is 4.05. The molecule has 1 amide bonds. The van der Waals surface area contributed by atoms with Crippen LogP contribution in [0.5, 0.6) is 0 Å². The summed E-state index contributed by atoms with van der Waals surface area (Å²) in [4.78, 5) is 27.2. The van der Waals surface area contributed by atoms with Gasteiger partial charge in [-0.3, -0.25) is 9.59 Å². The predicted octanol–water partition coefficient (Wildman–Crippen LogP) is 3.00. The lowest BCUT2D eigenvalue weighted by atomic mass is 9.71. The lowest BCUT2D eigenvalue weighted by Gasteiger charge is -2.36. The molecule has 2 N–H and O–H groups in total. The first-order valence-electron chi connectivity index (χ1n) is 7.12. The van der Waals surface area contributed by atoms with Crippen LogP contribution in [0.4, 0.5) is 0 Å². The Morgan fingerprint density at radius 3 is 2.67 bits per heavy atom. The second-order valence-electron chi connectivity index (χ2n) is 5.68. The summed E-state index contributed by atoms with van der Waals surface area (Å²) in [6.45, 7) is 0.415. The van der Waals surface area contributed by atoms with Crippen LogP contribution in [0.25, 0.3) is 0 Å². The summed E-state index contributed by atoms with van der Waals surface area (Å²) >= 11 is 3.23. The molecule has 1 fully saturated rings. The standard InChI is InChI=1S/C15H19BrN2O3/c16-12-8-11(4-7-17-12)14(21)18-10-15(9-13(19)20)5-2-1-3-6-15/h4,7-8H,1-3,5-6,9-10H2,(H,18,21)(H,19,20). The number of aromatic nitrogens is 1. The van der Waals surface area contributed by atoms with Gasteiger partial charge >= 0.3 is 5.97 Å². The number of nitrogens with one attached hydrogen (secondary N) is 1. The molecule has 114 valence electrons. The fourth-order valence-electron chi connectivity index (χ4n) is 2.95. The van der Waals surface area contributed by atoms with Gasteiger partial charge in [-0.05, 0) is 46.3 Å². The van der Waals surface area contributed by atoms with Crippen LogP contribution in [0.1, 0.15) is 48.9 Å². The smallest absolute Gasteiger partial charge is 0.303 e. The molecule has 0 saturated heterocycles. The van der Waals surface area contributed by atoms with E-state index in [1.54, 1.807) is 18.3 Å². The lowest BCUT2D eigenvalue weighted by molar-refractivity contribution is -0.140. The average molecular weight is 355 g/mol. The van der Waals surface area contributed by atoms with Gasteiger partial charge in [0.2, 0.25) is 0 Å². The number of nitrogens with zero attached hydrogens (tertiary/aromatic N) is 1. The maximum absolute atomic E-state index is 12.2. The first-order valence-corrected chi connectivity index (χ1v) is 7.92. The topological polar surface area (TPSA) is 79.3 Å². The van der Waals surface area contributed by atoms with E-state index in [4.69, 9.17) is 5.11 Å². The van der Waals surface area contributed by atoms with E-state index in [1.807, 2.05) is 0 Å². The SMILES string of the molecule is O=C(O)CC1(CNC(=O)c2ccnc(Br)c2)CCCCC1. The number of hydrogen-bond acceptors (Lipinski definition) is 3. The number of halogens is 1. The van der Waals surface area contributed by atoms with Crippen molar-refractivity contribution < 1.29 is 14.7 Å². The van der Waals surface area contributed by atoms with Crippen LogP contribution >= 0.6 is 15.9 Å². The Labute approximate surface area is 132 Å². The lowest BCUT2D eigenvalue weighted by Crippen LogP contribution is -2.40. The summed E-state index contributed by atoms with van der Waals surface area (Å²) in [5.74, 6) is -0.980. The van der Waals surface area contributed by atoms with Crippen molar-refractivity contribution in [2.45, 2.75) is 38.5 Å². The third-order valence-corrected chi connectivity index (χ3v) is 4.49. The van der Waals surface area contributed by atoms with E-state index in [1.165, 1.54) is 0 Å². The minimum Gasteiger partial charge on any atom is -0.481 e. The molecule has 0 spiro atoms. The van der Waals surface area contributed by atoms with Gasteiger partial charge in [-0.1, -0.05) is 19.3 Å². The predicted molar refractivity (Wildman–Crippen MR) is 82.0 cm³/mol. The third kappa shape index (κ3) is 4.52. The monoisotopic (exact) mass is 354 g/mol. The number of carbonyl (C=O) groups is 2. The molecule has 21 heavy (non-hydrogen) atoms. The number of rotatable bonds is 5. The zero-order chi connectivity index (χ0) is 15.3. The Kier molecular flexibility index (Phi) is 5.33. The zero-order valence-electron chi connectivity index (χ0n) is 11.8. The minimum absolute atomic E-state index is 0.118. The van der Waals surface area contributed by atoms with Gasteiger partial charge in [0, 0.05) is 18.3 Å². The number of hydrogen-bond donors (Lipinski definition) is 2. The molecule has 1 saturated carbocycles. The quantitative estimate of drug-likeness (QED) is 0.796. The molecule has 5 nitrogen and oxygen atoms in total. The van der Waals surface area contributed by atoms with Crippen LogP contribution in [0.3, 0.4) is 0 Å². The molecule has 1 heterocycles. The van der Waals surface area contributed by atoms with Crippen molar-refractivity contribution in [3.05, 3.63) is 28.5 Å². The Hall–Kier alpha value is -1.43. The first kappa shape index (κ1) is 15.9. The fourth-order valence-corrected chi connectivity index (χ4v) is 3.32. The van der Waals surface area contributed by atoms with Crippen LogP contribution in [-0.4, -0.2) is 28.5 Å². The molecule has 6 heteroatoms. The van der Waals surface area contributed by atoms with Crippen molar-refractivity contribution in [3.8, 4) is 0 Å². The van der Waals surface area contributed by atoms with Gasteiger partial charge in [-0.2, -0.15) is 0 Å². The highest BCUT2D eigenvalue weighted by molar-refractivity contribution is 9.10. The number of pyridine rings is 1. The highest BCUT2D eigenvalue weighted by Gasteiger charge is 2.34. The van der Waals surface area contributed by atoms with Crippen LogP contribution in [0.2, 0.25) is 0 Å². The highest BCUT2D eigenvalue weighted by atomic mass is 79.9. The van der Waals surface area contributed by atoms with Gasteiger partial charge in [-0.25, -0.2) is 4.98 Å². The first-order chi connectivity index (χ1) is 10.0. The maximum atomic E-state index is 12.2. The molecule has 0 atom stereocenters. The van der Waals surface area contributed by atoms with E-state index in [0.29, 0.717) is 16.7 Å². The normalized spacial score (nSPS) is 17.2. The Bertz CT molecular complexity index is 527. The molecule has 0 aliphatic heterocycles. The van der Waals surface area contributed by atoms with Crippen LogP contribution < -0.4 is 5.32 Å². The van der Waals surface area contributed by atoms with E-state index in [9.17, 15) is 9.59 Å². The van der Waals surface area contributed by atoms with E-state index in [2.05, 4.69) is 26.2 Å². The minimum atomic E-state index is -0.794. The van der Waals surface area contributed by atoms with Crippen LogP contribution in [0.15, 0.2) is 22.9 Å². The second kappa shape index (κ2) is 7.02. The number of carbonyl (C=O) groups excluding carboxylic acids is 1. The molecular formula is C15H19BrN2O3. The molecule has 1 aromatic rings. The number of carboxylic acid groups (broad SMARTS) is 1. The second-order valence-corrected chi connectivity index (χ2v) is 6.49. The van der Waals surface area contributed by atoms with Gasteiger partial charge in [0.1, 0.15) is 4.60 Å². The van der Waals surface area contributed by atoms with Crippen molar-refractivity contribution in [2.24, 2.45) is 5.41 Å². The van der Waals surface area contributed by atoms with E-state index >= 15 is 0 Å². The van der Waals surface area contributed by atoms with E-state index in [0.717, 1.165) is 32.1 Å². The molecule has 0 unspecified atom stereocenters. The maximum Gasteiger partial charge on any atom is 0.303 e. The van der Waals surface area contributed by atoms with Gasteiger partial charge in [0.05, 0.1) is 6.42 Å². The van der Waals surface area contributed by atoms with Gasteiger partial charge in [0.25, 0.3) is 5.91 Å². The number of carboxylic acids is 1. The highest BCUT2D eigenvalue weighted by Crippen LogP contribution is 2.38. The summed E-state index contributed by atoms with van der Waals surface area (Å²) in [5.41, 5.74) is 0.224. The molecule has 1 aliphatic carbocycles. The molecule has 2 rings (SSSR count). The van der Waals surface area contributed by atoms with Crippen LogP contribution in [-0.2, 0) is 4.79 Å². The fraction of sp³-hybridized carbons (Fsp3) is 0.533. The summed E-state index contributed by atoms with van der Waals surface area (Å²) < 4.78 is 0.605. The van der Waals surface area contributed by atoms with Crippen molar-refractivity contribution in [1.82, 2.24) is 10.3 Å². The van der Waals surface area contributed by atoms with Gasteiger partial charge in [-0.15, -0.1) is 0 Å². The molecular weight excluding hydrogens is 336 g/mol. The summed E-state index contributed by atoms with van der Waals surface area (Å²) in [6, 6.07) is 3.30. The summed E-state index contributed by atoms with van der Waals surface area (Å²) in [7, 11) is 0. The van der Waals surface area contributed by atoms with Crippen molar-refractivity contribution in [3.63, 3.8) is 0 Å². The molecule has 1 aliphatic rings. The van der Waals surface area contributed by atoms with Gasteiger partial charge < -0.3 is 10.4 Å². The average Bonchev–Trinajstić information content (AvgIpc) is 2.45. The van der Waals surface area contributed by atoms with Gasteiger partial charge in [0.15, 0.2) is 0 Å². The molecule has 0 aromatic carbocycles. The summed E-state index contributed by atoms with van der Waals surface area (Å²) in [5, 5.41) is 12.0. The van der Waals surface area contributed by atoms with E-state index in [-0.39, 0.29) is 17.7 Å². The number of aliphatic carboxylic acids is 1. The van der Waals surface area contributed by atoms with Crippen molar-refractivity contribution in [2.75, 3.05) is 6.54 Å². The van der Waals surface area contributed by atoms with Crippen LogP contribution in [0, 0.1) is 5.41 Å². The van der Waals surface area contributed by atoms with Crippen molar-refractivity contribution in [1.29, 1.82) is 0 Å². The Morgan fingerprint density at radius 1 is 1.33 bits per heavy atom. The Morgan fingerprint density at radius 2 is 2.05 bits per heavy atom. The van der Waals surface area contributed by atoms with Crippen molar-refractivity contribution >= 4 is 27.8 Å². The summed E-state index contributed by atoms with van der Waals surface area (Å²) in [6.07, 6.45) is 6.61. The molecule has 0 radical (unpaired) electrons. The molecule has 1 aromatic heterocycles. The zero-order valence-corrected chi connectivity index (χ0v) is 13.4. The number of amides is 1. The van der Waals surface area contributed by atoms with E-state index < -0.39 is 5.97 Å². The molecule has 0 bridgehead atoms. The Balaban J connectivity index is 2.01. The largest absolute Gasteiger partial charge is 0.481 e.